The molecule has 2 saturated carbocycles. The molecule has 2 aliphatic carbocycles. The summed E-state index contributed by atoms with van der Waals surface area (Å²) in [6.07, 6.45) is 12.0. The Morgan fingerprint density at radius 1 is 1.21 bits per heavy atom. The van der Waals surface area contributed by atoms with Crippen molar-refractivity contribution in [3.63, 3.8) is 0 Å². The first-order chi connectivity index (χ1) is 9.00. The van der Waals surface area contributed by atoms with Crippen molar-refractivity contribution in [1.29, 1.82) is 0 Å². The van der Waals surface area contributed by atoms with Crippen LogP contribution >= 0.6 is 11.8 Å². The largest absolute Gasteiger partial charge is 0.353 e. The molecule has 0 aromatic carbocycles. The predicted molar refractivity (Wildman–Crippen MR) is 83.4 cm³/mol. The maximum Gasteiger partial charge on any atom is 0.223 e. The van der Waals surface area contributed by atoms with Crippen LogP contribution in [0.15, 0.2) is 0 Å². The average molecular weight is 283 g/mol. The summed E-state index contributed by atoms with van der Waals surface area (Å²) in [6, 6.07) is 0.449. The number of carbonyl (C=O) groups is 1. The highest BCUT2D eigenvalue weighted by atomic mass is 32.2. The van der Waals surface area contributed by atoms with E-state index in [0.717, 1.165) is 18.8 Å². The Morgan fingerprint density at radius 2 is 1.89 bits per heavy atom. The van der Waals surface area contributed by atoms with Gasteiger partial charge >= 0.3 is 0 Å². The standard InChI is InChI=1S/C16H29NOS/c1-16(2,19-3)11-12-6-4-9-14(10-12)17-15(18)13-7-5-8-13/h12-14H,4-11H2,1-3H3,(H,17,18). The Balaban J connectivity index is 1.78. The number of nitrogens with one attached hydrogen (secondary N) is 1. The van der Waals surface area contributed by atoms with Crippen LogP contribution in [0.3, 0.4) is 0 Å². The lowest BCUT2D eigenvalue weighted by Gasteiger charge is -2.35. The number of amides is 1. The van der Waals surface area contributed by atoms with E-state index in [1.54, 1.807) is 0 Å². The molecule has 1 amide bonds. The molecular formula is C16H29NOS. The second-order valence-electron chi connectivity index (χ2n) is 7.03. The molecule has 0 saturated heterocycles. The van der Waals surface area contributed by atoms with Gasteiger partial charge in [-0.1, -0.05) is 33.1 Å². The van der Waals surface area contributed by atoms with Gasteiger partial charge in [0, 0.05) is 16.7 Å². The number of carbonyl (C=O) groups excluding carboxylic acids is 1. The Bertz CT molecular complexity index is 312. The lowest BCUT2D eigenvalue weighted by atomic mass is 9.80. The van der Waals surface area contributed by atoms with Gasteiger partial charge in [0.25, 0.3) is 0 Å². The van der Waals surface area contributed by atoms with E-state index in [1.807, 2.05) is 11.8 Å². The summed E-state index contributed by atoms with van der Waals surface area (Å²) in [7, 11) is 0. The van der Waals surface area contributed by atoms with E-state index in [9.17, 15) is 4.79 Å². The molecule has 0 bridgehead atoms. The summed E-state index contributed by atoms with van der Waals surface area (Å²) in [5.74, 6) is 1.46. The lowest BCUT2D eigenvalue weighted by Crippen LogP contribution is -2.43. The van der Waals surface area contributed by atoms with Crippen LogP contribution in [-0.2, 0) is 4.79 Å². The zero-order valence-corrected chi connectivity index (χ0v) is 13.5. The Hall–Kier alpha value is -0.180. The molecule has 0 aromatic rings. The van der Waals surface area contributed by atoms with E-state index < -0.39 is 0 Å². The second-order valence-corrected chi connectivity index (χ2v) is 8.55. The SMILES string of the molecule is CSC(C)(C)CC1CCCC(NC(=O)C2CCC2)C1. The van der Waals surface area contributed by atoms with Crippen LogP contribution in [0.2, 0.25) is 0 Å². The molecule has 1 N–H and O–H groups in total. The molecule has 19 heavy (non-hydrogen) atoms. The van der Waals surface area contributed by atoms with Gasteiger partial charge in [0.1, 0.15) is 0 Å². The number of thioether (sulfide) groups is 1. The van der Waals surface area contributed by atoms with Gasteiger partial charge in [-0.2, -0.15) is 11.8 Å². The van der Waals surface area contributed by atoms with Gasteiger partial charge in [0.15, 0.2) is 0 Å². The molecular weight excluding hydrogens is 254 g/mol. The first-order valence-electron chi connectivity index (χ1n) is 7.86. The number of hydrogen-bond acceptors (Lipinski definition) is 2. The highest BCUT2D eigenvalue weighted by molar-refractivity contribution is 7.99. The molecule has 2 nitrogen and oxygen atoms in total. The molecule has 0 spiro atoms. The molecule has 2 fully saturated rings. The molecule has 2 unspecified atom stereocenters. The van der Waals surface area contributed by atoms with Gasteiger partial charge in [0.2, 0.25) is 5.91 Å². The predicted octanol–water partition coefficient (Wildman–Crippen LogP) is 3.99. The van der Waals surface area contributed by atoms with E-state index in [2.05, 4.69) is 25.4 Å². The fraction of sp³-hybridized carbons (Fsp3) is 0.938. The van der Waals surface area contributed by atoms with Gasteiger partial charge in [-0.25, -0.2) is 0 Å². The summed E-state index contributed by atoms with van der Waals surface area (Å²) in [5.41, 5.74) is 0. The summed E-state index contributed by atoms with van der Waals surface area (Å²) in [5, 5.41) is 3.31. The second kappa shape index (κ2) is 6.51. The quantitative estimate of drug-likeness (QED) is 0.826. The number of rotatable bonds is 5. The van der Waals surface area contributed by atoms with E-state index in [0.29, 0.717) is 22.6 Å². The van der Waals surface area contributed by atoms with Gasteiger partial charge in [-0.05, 0) is 44.3 Å². The van der Waals surface area contributed by atoms with E-state index in [1.165, 1.54) is 38.5 Å². The zero-order valence-electron chi connectivity index (χ0n) is 12.7. The summed E-state index contributed by atoms with van der Waals surface area (Å²) in [4.78, 5) is 12.0. The molecule has 2 atom stereocenters. The molecule has 2 rings (SSSR count). The third-order valence-electron chi connectivity index (χ3n) is 4.94. The molecule has 0 aliphatic heterocycles. The first-order valence-corrected chi connectivity index (χ1v) is 9.08. The fourth-order valence-electron chi connectivity index (χ4n) is 3.38. The van der Waals surface area contributed by atoms with Crippen molar-refractivity contribution in [3.8, 4) is 0 Å². The third kappa shape index (κ3) is 4.40. The molecule has 0 radical (unpaired) electrons. The van der Waals surface area contributed by atoms with Crippen molar-refractivity contribution in [1.82, 2.24) is 5.32 Å². The summed E-state index contributed by atoms with van der Waals surface area (Å²) in [6.45, 7) is 4.68. The third-order valence-corrected chi connectivity index (χ3v) is 6.21. The van der Waals surface area contributed by atoms with Crippen molar-refractivity contribution in [2.24, 2.45) is 11.8 Å². The molecule has 3 heteroatoms. The Kier molecular flexibility index (Phi) is 5.22. The maximum atomic E-state index is 12.0. The van der Waals surface area contributed by atoms with Crippen LogP contribution in [0.25, 0.3) is 0 Å². The Labute approximate surface area is 122 Å². The molecule has 0 aromatic heterocycles. The number of hydrogen-bond donors (Lipinski definition) is 1. The maximum absolute atomic E-state index is 12.0. The van der Waals surface area contributed by atoms with Crippen molar-refractivity contribution in [2.75, 3.05) is 6.26 Å². The average Bonchev–Trinajstić information content (AvgIpc) is 2.26. The van der Waals surface area contributed by atoms with Gasteiger partial charge in [-0.3, -0.25) is 4.79 Å². The smallest absolute Gasteiger partial charge is 0.223 e. The highest BCUT2D eigenvalue weighted by Crippen LogP contribution is 2.36. The van der Waals surface area contributed by atoms with Crippen molar-refractivity contribution >= 4 is 17.7 Å². The lowest BCUT2D eigenvalue weighted by molar-refractivity contribution is -0.128. The van der Waals surface area contributed by atoms with E-state index >= 15 is 0 Å². The van der Waals surface area contributed by atoms with Gasteiger partial charge < -0.3 is 5.32 Å². The van der Waals surface area contributed by atoms with Crippen molar-refractivity contribution < 1.29 is 4.79 Å². The molecule has 2 aliphatic rings. The zero-order chi connectivity index (χ0) is 13.9. The van der Waals surface area contributed by atoms with Crippen LogP contribution in [0.1, 0.15) is 65.2 Å². The summed E-state index contributed by atoms with van der Waals surface area (Å²) < 4.78 is 0.380. The summed E-state index contributed by atoms with van der Waals surface area (Å²) >= 11 is 1.97. The Morgan fingerprint density at radius 3 is 2.47 bits per heavy atom. The van der Waals surface area contributed by atoms with E-state index in [-0.39, 0.29) is 0 Å². The highest BCUT2D eigenvalue weighted by Gasteiger charge is 2.31. The monoisotopic (exact) mass is 283 g/mol. The van der Waals surface area contributed by atoms with Crippen LogP contribution in [0.5, 0.6) is 0 Å². The minimum atomic E-state index is 0.334. The molecule has 0 heterocycles. The molecule has 110 valence electrons. The minimum Gasteiger partial charge on any atom is -0.353 e. The fourth-order valence-corrected chi connectivity index (χ4v) is 3.78. The minimum absolute atomic E-state index is 0.334. The topological polar surface area (TPSA) is 29.1 Å². The van der Waals surface area contributed by atoms with Crippen molar-refractivity contribution in [3.05, 3.63) is 0 Å². The van der Waals surface area contributed by atoms with Crippen LogP contribution in [-0.4, -0.2) is 23.0 Å². The van der Waals surface area contributed by atoms with Crippen LogP contribution in [0, 0.1) is 11.8 Å². The first kappa shape index (κ1) is 15.2. The van der Waals surface area contributed by atoms with Gasteiger partial charge in [0.05, 0.1) is 0 Å². The van der Waals surface area contributed by atoms with Crippen LogP contribution in [0.4, 0.5) is 0 Å². The van der Waals surface area contributed by atoms with E-state index in [4.69, 9.17) is 0 Å². The van der Waals surface area contributed by atoms with Crippen molar-refractivity contribution in [2.45, 2.75) is 76.0 Å². The normalized spacial score (nSPS) is 28.8. The van der Waals surface area contributed by atoms with Crippen LogP contribution < -0.4 is 5.32 Å². The van der Waals surface area contributed by atoms with Gasteiger partial charge in [-0.15, -0.1) is 0 Å².